The first-order valence-electron chi connectivity index (χ1n) is 6.14. The zero-order chi connectivity index (χ0) is 14.3. The highest BCUT2D eigenvalue weighted by Crippen LogP contribution is 2.38. The molecule has 0 saturated heterocycles. The predicted octanol–water partition coefficient (Wildman–Crippen LogP) is 3.42. The number of aromatic hydroxyl groups is 2. The third-order valence-electron chi connectivity index (χ3n) is 3.43. The summed E-state index contributed by atoms with van der Waals surface area (Å²) >= 11 is 0. The van der Waals surface area contributed by atoms with Gasteiger partial charge in [-0.1, -0.05) is 12.1 Å². The van der Waals surface area contributed by atoms with Crippen molar-refractivity contribution in [2.24, 2.45) is 0 Å². The minimum Gasteiger partial charge on any atom is -0.504 e. The molecule has 0 radical (unpaired) electrons. The molecule has 0 fully saturated rings. The summed E-state index contributed by atoms with van der Waals surface area (Å²) < 4.78 is 10.3. The number of hydrogen-bond acceptors (Lipinski definition) is 4. The van der Waals surface area contributed by atoms with Crippen molar-refractivity contribution in [1.29, 1.82) is 0 Å². The van der Waals surface area contributed by atoms with Crippen molar-refractivity contribution in [3.63, 3.8) is 0 Å². The van der Waals surface area contributed by atoms with E-state index in [0.29, 0.717) is 11.5 Å². The molecule has 0 spiro atoms. The normalized spacial score (nSPS) is 10.9. The van der Waals surface area contributed by atoms with E-state index in [2.05, 4.69) is 0 Å². The van der Waals surface area contributed by atoms with Crippen LogP contribution in [0.25, 0.3) is 21.5 Å². The van der Waals surface area contributed by atoms with Crippen molar-refractivity contribution in [3.8, 4) is 23.0 Å². The fraction of sp³-hybridized carbons (Fsp3) is 0.125. The zero-order valence-electron chi connectivity index (χ0n) is 11.2. The molecule has 20 heavy (non-hydrogen) atoms. The van der Waals surface area contributed by atoms with E-state index in [9.17, 15) is 10.2 Å². The van der Waals surface area contributed by atoms with Crippen molar-refractivity contribution in [1.82, 2.24) is 0 Å². The SMILES string of the molecule is COc1cc2c(ccc3cc(O)c(OC)cc32)cc1O. The molecule has 0 atom stereocenters. The van der Waals surface area contributed by atoms with E-state index in [0.717, 1.165) is 21.5 Å². The Morgan fingerprint density at radius 2 is 1.10 bits per heavy atom. The predicted molar refractivity (Wildman–Crippen MR) is 77.9 cm³/mol. The lowest BCUT2D eigenvalue weighted by molar-refractivity contribution is 0.374. The molecule has 0 aliphatic heterocycles. The average Bonchev–Trinajstić information content (AvgIpc) is 2.45. The van der Waals surface area contributed by atoms with Gasteiger partial charge in [0, 0.05) is 0 Å². The molecule has 3 aromatic carbocycles. The van der Waals surface area contributed by atoms with Crippen molar-refractivity contribution < 1.29 is 19.7 Å². The molecule has 0 aromatic heterocycles. The second-order valence-electron chi connectivity index (χ2n) is 4.56. The molecule has 4 heteroatoms. The average molecular weight is 270 g/mol. The quantitative estimate of drug-likeness (QED) is 0.700. The van der Waals surface area contributed by atoms with Gasteiger partial charge >= 0.3 is 0 Å². The van der Waals surface area contributed by atoms with Crippen LogP contribution in [0.15, 0.2) is 36.4 Å². The van der Waals surface area contributed by atoms with E-state index in [1.165, 1.54) is 14.2 Å². The Hall–Kier alpha value is -2.62. The van der Waals surface area contributed by atoms with Crippen molar-refractivity contribution in [3.05, 3.63) is 36.4 Å². The Morgan fingerprint density at radius 1 is 0.700 bits per heavy atom. The Balaban J connectivity index is 2.44. The molecule has 0 saturated carbocycles. The number of methoxy groups -OCH3 is 2. The summed E-state index contributed by atoms with van der Waals surface area (Å²) in [4.78, 5) is 0. The van der Waals surface area contributed by atoms with E-state index in [1.54, 1.807) is 24.3 Å². The number of ether oxygens (including phenoxy) is 2. The summed E-state index contributed by atoms with van der Waals surface area (Å²) in [5.41, 5.74) is 0. The minimum atomic E-state index is 0.102. The van der Waals surface area contributed by atoms with Gasteiger partial charge in [0.1, 0.15) is 0 Å². The summed E-state index contributed by atoms with van der Waals surface area (Å²) in [5, 5.41) is 23.3. The van der Waals surface area contributed by atoms with E-state index in [1.807, 2.05) is 12.1 Å². The van der Waals surface area contributed by atoms with Crippen LogP contribution in [0.4, 0.5) is 0 Å². The van der Waals surface area contributed by atoms with Crippen LogP contribution in [0.2, 0.25) is 0 Å². The number of rotatable bonds is 2. The smallest absolute Gasteiger partial charge is 0.161 e. The van der Waals surface area contributed by atoms with Gasteiger partial charge in [-0.3, -0.25) is 0 Å². The van der Waals surface area contributed by atoms with Crippen LogP contribution in [-0.2, 0) is 0 Å². The van der Waals surface area contributed by atoms with Crippen LogP contribution in [-0.4, -0.2) is 24.4 Å². The van der Waals surface area contributed by atoms with Crippen LogP contribution < -0.4 is 9.47 Å². The maximum atomic E-state index is 9.84. The third-order valence-corrected chi connectivity index (χ3v) is 3.43. The summed E-state index contributed by atoms with van der Waals surface area (Å²) in [6.07, 6.45) is 0. The van der Waals surface area contributed by atoms with E-state index in [-0.39, 0.29) is 11.5 Å². The molecule has 3 rings (SSSR count). The Labute approximate surface area is 115 Å². The molecule has 2 N–H and O–H groups in total. The lowest BCUT2D eigenvalue weighted by Crippen LogP contribution is -1.87. The zero-order valence-corrected chi connectivity index (χ0v) is 11.2. The first-order valence-corrected chi connectivity index (χ1v) is 6.14. The fourth-order valence-corrected chi connectivity index (χ4v) is 2.42. The van der Waals surface area contributed by atoms with E-state index >= 15 is 0 Å². The summed E-state index contributed by atoms with van der Waals surface area (Å²) in [6.45, 7) is 0. The molecular weight excluding hydrogens is 256 g/mol. The molecule has 0 unspecified atom stereocenters. The van der Waals surface area contributed by atoms with Gasteiger partial charge in [-0.2, -0.15) is 0 Å². The maximum Gasteiger partial charge on any atom is 0.161 e. The molecule has 0 aliphatic rings. The minimum absolute atomic E-state index is 0.102. The Morgan fingerprint density at radius 3 is 1.45 bits per heavy atom. The van der Waals surface area contributed by atoms with Gasteiger partial charge in [0.25, 0.3) is 0 Å². The molecule has 3 aromatic rings. The molecule has 102 valence electrons. The summed E-state index contributed by atoms with van der Waals surface area (Å²) in [5.74, 6) is 1.03. The molecule has 4 nitrogen and oxygen atoms in total. The fourth-order valence-electron chi connectivity index (χ4n) is 2.42. The topological polar surface area (TPSA) is 58.9 Å². The molecule has 0 heterocycles. The molecular formula is C16H14O4. The molecule has 0 amide bonds. The highest BCUT2D eigenvalue weighted by atomic mass is 16.5. The first-order chi connectivity index (χ1) is 9.63. The summed E-state index contributed by atoms with van der Waals surface area (Å²) in [7, 11) is 3.02. The summed E-state index contributed by atoms with van der Waals surface area (Å²) in [6, 6.07) is 10.7. The standard InChI is InChI=1S/C16H14O4/c1-19-15-7-11-9(5-13(15)17)3-4-10-6-14(18)16(20-2)8-12(10)11/h3-8,17-18H,1-2H3. The second-order valence-corrected chi connectivity index (χ2v) is 4.56. The Kier molecular flexibility index (Phi) is 2.79. The van der Waals surface area contributed by atoms with Gasteiger partial charge in [0.05, 0.1) is 14.2 Å². The van der Waals surface area contributed by atoms with Gasteiger partial charge in [-0.15, -0.1) is 0 Å². The number of fused-ring (bicyclic) bond motifs is 3. The van der Waals surface area contributed by atoms with Crippen LogP contribution >= 0.6 is 0 Å². The van der Waals surface area contributed by atoms with E-state index in [4.69, 9.17) is 9.47 Å². The van der Waals surface area contributed by atoms with E-state index < -0.39 is 0 Å². The second kappa shape index (κ2) is 4.49. The van der Waals surface area contributed by atoms with Crippen molar-refractivity contribution >= 4 is 21.5 Å². The van der Waals surface area contributed by atoms with Gasteiger partial charge in [0.15, 0.2) is 23.0 Å². The van der Waals surface area contributed by atoms with Crippen molar-refractivity contribution in [2.75, 3.05) is 14.2 Å². The first kappa shape index (κ1) is 12.4. The lowest BCUT2D eigenvalue weighted by atomic mass is 10.0. The number of hydrogen-bond donors (Lipinski definition) is 2. The monoisotopic (exact) mass is 270 g/mol. The highest BCUT2D eigenvalue weighted by Gasteiger charge is 2.10. The number of benzene rings is 3. The van der Waals surface area contributed by atoms with Crippen LogP contribution in [0.3, 0.4) is 0 Å². The lowest BCUT2D eigenvalue weighted by Gasteiger charge is -2.10. The van der Waals surface area contributed by atoms with Gasteiger partial charge < -0.3 is 19.7 Å². The van der Waals surface area contributed by atoms with Crippen LogP contribution in [0.1, 0.15) is 0 Å². The van der Waals surface area contributed by atoms with Crippen LogP contribution in [0.5, 0.6) is 23.0 Å². The largest absolute Gasteiger partial charge is 0.504 e. The number of phenols is 2. The van der Waals surface area contributed by atoms with Gasteiger partial charge in [0.2, 0.25) is 0 Å². The van der Waals surface area contributed by atoms with Gasteiger partial charge in [-0.25, -0.2) is 0 Å². The Bertz CT molecular complexity index is 740. The van der Waals surface area contributed by atoms with Crippen molar-refractivity contribution in [2.45, 2.75) is 0 Å². The number of phenolic OH excluding ortho intramolecular Hbond substituents is 2. The van der Waals surface area contributed by atoms with Crippen LogP contribution in [0, 0.1) is 0 Å². The highest BCUT2D eigenvalue weighted by molar-refractivity contribution is 6.09. The van der Waals surface area contributed by atoms with Gasteiger partial charge in [-0.05, 0) is 45.8 Å². The third kappa shape index (κ3) is 1.77. The molecule has 0 aliphatic carbocycles. The molecule has 0 bridgehead atoms. The maximum absolute atomic E-state index is 9.84.